The number of phenols is 1. The average molecular weight is 291 g/mol. The number of hydrogen-bond acceptors (Lipinski definition) is 5. The Kier molecular flexibility index (Phi) is 3.63. The van der Waals surface area contributed by atoms with Crippen LogP contribution >= 0.6 is 0 Å². The molecule has 0 unspecified atom stereocenters. The Hall–Kier alpha value is -2.50. The van der Waals surface area contributed by atoms with E-state index >= 15 is 0 Å². The van der Waals surface area contributed by atoms with Gasteiger partial charge in [-0.05, 0) is 17.5 Å². The van der Waals surface area contributed by atoms with Crippen LogP contribution in [-0.4, -0.2) is 28.4 Å². The Bertz CT molecular complexity index is 682. The van der Waals surface area contributed by atoms with Crippen molar-refractivity contribution in [1.29, 1.82) is 0 Å². The summed E-state index contributed by atoms with van der Waals surface area (Å²) in [4.78, 5) is 10.9. The third-order valence-corrected chi connectivity index (χ3v) is 3.12. The van der Waals surface area contributed by atoms with Gasteiger partial charge < -0.3 is 19.5 Å². The first-order valence-corrected chi connectivity index (χ1v) is 6.36. The molecule has 0 radical (unpaired) electrons. The number of methoxy groups -OCH3 is 1. The number of phenolic OH excluding ortho intramolecular Hbond substituents is 1. The molecule has 6 heteroatoms. The first-order chi connectivity index (χ1) is 9.74. The van der Waals surface area contributed by atoms with Crippen LogP contribution in [0, 0.1) is 0 Å². The molecule has 0 fully saturated rings. The van der Waals surface area contributed by atoms with Gasteiger partial charge >= 0.3 is 5.97 Å². The predicted molar refractivity (Wildman–Crippen MR) is 75.8 cm³/mol. The van der Waals surface area contributed by atoms with Gasteiger partial charge in [-0.2, -0.15) is 0 Å². The summed E-state index contributed by atoms with van der Waals surface area (Å²) >= 11 is 0. The van der Waals surface area contributed by atoms with E-state index in [1.807, 2.05) is 20.8 Å². The molecule has 1 aromatic carbocycles. The lowest BCUT2D eigenvalue weighted by atomic mass is 9.84. The molecule has 0 spiro atoms. The highest BCUT2D eigenvalue weighted by Crippen LogP contribution is 2.41. The Balaban J connectivity index is 2.64. The zero-order chi connectivity index (χ0) is 15.8. The largest absolute Gasteiger partial charge is 0.507 e. The third-order valence-electron chi connectivity index (χ3n) is 3.12. The van der Waals surface area contributed by atoms with E-state index < -0.39 is 5.97 Å². The zero-order valence-corrected chi connectivity index (χ0v) is 12.3. The van der Waals surface area contributed by atoms with Crippen LogP contribution in [0.4, 0.5) is 0 Å². The summed E-state index contributed by atoms with van der Waals surface area (Å²) in [5, 5.41) is 23.0. The van der Waals surface area contributed by atoms with E-state index in [1.165, 1.54) is 13.2 Å². The number of aromatic nitrogens is 1. The van der Waals surface area contributed by atoms with Gasteiger partial charge in [0.1, 0.15) is 17.2 Å². The lowest BCUT2D eigenvalue weighted by Crippen LogP contribution is -2.12. The quantitative estimate of drug-likeness (QED) is 0.902. The van der Waals surface area contributed by atoms with Gasteiger partial charge in [0.15, 0.2) is 0 Å². The van der Waals surface area contributed by atoms with Crippen molar-refractivity contribution in [2.24, 2.45) is 0 Å². The van der Waals surface area contributed by atoms with Crippen LogP contribution in [0.3, 0.4) is 0 Å². The summed E-state index contributed by atoms with van der Waals surface area (Å²) in [7, 11) is 1.52. The van der Waals surface area contributed by atoms with Crippen LogP contribution in [-0.2, 0) is 5.41 Å². The van der Waals surface area contributed by atoms with E-state index in [2.05, 4.69) is 5.16 Å². The number of ether oxygens (including phenoxy) is 1. The van der Waals surface area contributed by atoms with Gasteiger partial charge in [-0.25, -0.2) is 4.79 Å². The number of benzene rings is 1. The Morgan fingerprint density at radius 2 is 1.95 bits per heavy atom. The van der Waals surface area contributed by atoms with E-state index in [9.17, 15) is 9.90 Å². The molecule has 0 aliphatic rings. The topological polar surface area (TPSA) is 92.8 Å². The highest BCUT2D eigenvalue weighted by molar-refractivity contribution is 5.86. The standard InChI is InChI=1S/C15H17NO5/c1-15(2,3)10-6-8(20-4)5-9(13(10)17)11-7-12(14(18)19)21-16-11/h5-7,17H,1-4H3,(H,18,19). The minimum Gasteiger partial charge on any atom is -0.507 e. The fourth-order valence-corrected chi connectivity index (χ4v) is 2.00. The number of carbonyl (C=O) groups is 1. The fraction of sp³-hybridized carbons (Fsp3) is 0.333. The number of aromatic hydroxyl groups is 1. The van der Waals surface area contributed by atoms with Crippen molar-refractivity contribution in [1.82, 2.24) is 5.16 Å². The summed E-state index contributed by atoms with van der Waals surface area (Å²) in [6.07, 6.45) is 0. The van der Waals surface area contributed by atoms with Crippen LogP contribution in [0.25, 0.3) is 11.3 Å². The van der Waals surface area contributed by atoms with Gasteiger partial charge in [-0.3, -0.25) is 0 Å². The second-order valence-electron chi connectivity index (χ2n) is 5.70. The molecule has 1 heterocycles. The molecule has 2 rings (SSSR count). The summed E-state index contributed by atoms with van der Waals surface area (Å²) in [6.45, 7) is 5.87. The maximum absolute atomic E-state index is 10.9. The minimum atomic E-state index is -1.22. The van der Waals surface area contributed by atoms with Gasteiger partial charge in [0, 0.05) is 17.2 Å². The second-order valence-corrected chi connectivity index (χ2v) is 5.70. The van der Waals surface area contributed by atoms with E-state index in [1.54, 1.807) is 12.1 Å². The smallest absolute Gasteiger partial charge is 0.374 e. The molecule has 0 aliphatic heterocycles. The van der Waals surface area contributed by atoms with Gasteiger partial charge in [-0.15, -0.1) is 0 Å². The van der Waals surface area contributed by atoms with E-state index in [0.717, 1.165) is 0 Å². The SMILES string of the molecule is COc1cc(-c2cc(C(=O)O)on2)c(O)c(C(C)(C)C)c1. The molecule has 0 saturated heterocycles. The summed E-state index contributed by atoms with van der Waals surface area (Å²) < 4.78 is 9.97. The molecule has 2 N–H and O–H groups in total. The van der Waals surface area contributed by atoms with Crippen LogP contribution in [0.2, 0.25) is 0 Å². The first kappa shape index (κ1) is 14.9. The van der Waals surface area contributed by atoms with Crippen molar-refractivity contribution in [2.45, 2.75) is 26.2 Å². The molecule has 0 bridgehead atoms. The van der Waals surface area contributed by atoms with Gasteiger partial charge in [-0.1, -0.05) is 25.9 Å². The lowest BCUT2D eigenvalue weighted by Gasteiger charge is -2.22. The predicted octanol–water partition coefficient (Wildman–Crippen LogP) is 3.05. The van der Waals surface area contributed by atoms with E-state index in [0.29, 0.717) is 16.9 Å². The number of carboxylic acids is 1. The van der Waals surface area contributed by atoms with Crippen molar-refractivity contribution in [2.75, 3.05) is 7.11 Å². The van der Waals surface area contributed by atoms with Crippen molar-refractivity contribution in [3.63, 3.8) is 0 Å². The summed E-state index contributed by atoms with van der Waals surface area (Å²) in [5.74, 6) is -0.919. The molecule has 112 valence electrons. The van der Waals surface area contributed by atoms with Crippen molar-refractivity contribution in [3.8, 4) is 22.8 Å². The van der Waals surface area contributed by atoms with Crippen molar-refractivity contribution in [3.05, 3.63) is 29.5 Å². The fourth-order valence-electron chi connectivity index (χ4n) is 2.00. The van der Waals surface area contributed by atoms with Crippen LogP contribution in [0.5, 0.6) is 11.5 Å². The molecule has 0 saturated carbocycles. The summed E-state index contributed by atoms with van der Waals surface area (Å²) in [5.41, 5.74) is 0.980. The lowest BCUT2D eigenvalue weighted by molar-refractivity contribution is 0.0652. The van der Waals surface area contributed by atoms with Crippen LogP contribution in [0.15, 0.2) is 22.7 Å². The second kappa shape index (κ2) is 5.12. The number of rotatable bonds is 3. The number of carboxylic acid groups (broad SMARTS) is 1. The maximum Gasteiger partial charge on any atom is 0.374 e. The monoisotopic (exact) mass is 291 g/mol. The van der Waals surface area contributed by atoms with E-state index in [-0.39, 0.29) is 22.6 Å². The summed E-state index contributed by atoms with van der Waals surface area (Å²) in [6, 6.07) is 4.61. The molecule has 0 amide bonds. The molecule has 0 aliphatic carbocycles. The third kappa shape index (κ3) is 2.84. The first-order valence-electron chi connectivity index (χ1n) is 6.36. The number of nitrogens with zero attached hydrogens (tertiary/aromatic N) is 1. The Morgan fingerprint density at radius 3 is 2.43 bits per heavy atom. The molecular formula is C15H17NO5. The van der Waals surface area contributed by atoms with Crippen LogP contribution in [0.1, 0.15) is 36.9 Å². The molecule has 6 nitrogen and oxygen atoms in total. The van der Waals surface area contributed by atoms with Gasteiger partial charge in [0.25, 0.3) is 0 Å². The average Bonchev–Trinajstić information content (AvgIpc) is 2.87. The molecule has 1 aromatic heterocycles. The van der Waals surface area contributed by atoms with Crippen molar-refractivity contribution >= 4 is 5.97 Å². The highest BCUT2D eigenvalue weighted by Gasteiger charge is 2.24. The van der Waals surface area contributed by atoms with Gasteiger partial charge in [0.2, 0.25) is 5.76 Å². The van der Waals surface area contributed by atoms with E-state index in [4.69, 9.17) is 14.4 Å². The van der Waals surface area contributed by atoms with Crippen LogP contribution < -0.4 is 4.74 Å². The molecular weight excluding hydrogens is 274 g/mol. The maximum atomic E-state index is 10.9. The highest BCUT2D eigenvalue weighted by atomic mass is 16.5. The molecule has 2 aromatic rings. The minimum absolute atomic E-state index is 0.0357. The molecule has 21 heavy (non-hydrogen) atoms. The Morgan fingerprint density at radius 1 is 1.29 bits per heavy atom. The normalized spacial score (nSPS) is 11.4. The Labute approximate surface area is 122 Å². The van der Waals surface area contributed by atoms with Gasteiger partial charge in [0.05, 0.1) is 7.11 Å². The number of aromatic carboxylic acids is 1. The molecule has 0 atom stereocenters. The van der Waals surface area contributed by atoms with Crippen molar-refractivity contribution < 1.29 is 24.3 Å². The number of hydrogen-bond donors (Lipinski definition) is 2. The zero-order valence-electron chi connectivity index (χ0n) is 12.3.